The molecule has 0 saturated heterocycles. The van der Waals surface area contributed by atoms with Crippen LogP contribution in [-0.4, -0.2) is 22.6 Å². The molecule has 6 heteroatoms. The number of methoxy groups -OCH3 is 1. The minimum Gasteiger partial charge on any atom is -0.465 e. The normalized spacial score (nSPS) is 9.78. The van der Waals surface area contributed by atoms with Crippen LogP contribution in [0.15, 0.2) is 30.6 Å². The number of hydrogen-bond donors (Lipinski definition) is 1. The zero-order valence-electron chi connectivity index (χ0n) is 9.62. The van der Waals surface area contributed by atoms with Gasteiger partial charge in [0.05, 0.1) is 12.7 Å². The highest BCUT2D eigenvalue weighted by Gasteiger charge is 2.09. The van der Waals surface area contributed by atoms with E-state index < -0.39 is 5.97 Å². The van der Waals surface area contributed by atoms with Crippen molar-refractivity contribution >= 4 is 11.8 Å². The topological polar surface area (TPSA) is 93.9 Å². The molecule has 2 aromatic rings. The molecule has 0 spiro atoms. The number of carbonyl (C=O) groups is 1. The van der Waals surface area contributed by atoms with E-state index in [2.05, 4.69) is 9.72 Å². The van der Waals surface area contributed by atoms with E-state index in [4.69, 9.17) is 11.0 Å². The zero-order valence-corrected chi connectivity index (χ0v) is 9.62. The number of rotatable bonds is 2. The van der Waals surface area contributed by atoms with Gasteiger partial charge in [-0.05, 0) is 24.3 Å². The van der Waals surface area contributed by atoms with Gasteiger partial charge in [0.15, 0.2) is 5.69 Å². The van der Waals surface area contributed by atoms with E-state index in [0.29, 0.717) is 11.3 Å². The lowest BCUT2D eigenvalue weighted by atomic mass is 10.2. The fourth-order valence-corrected chi connectivity index (χ4v) is 1.53. The van der Waals surface area contributed by atoms with Crippen LogP contribution in [0.25, 0.3) is 5.69 Å². The minimum absolute atomic E-state index is 0.173. The number of anilines is 1. The summed E-state index contributed by atoms with van der Waals surface area (Å²) in [6.45, 7) is 0. The Kier molecular flexibility index (Phi) is 2.98. The molecule has 0 aliphatic heterocycles. The maximum Gasteiger partial charge on any atom is 0.337 e. The summed E-state index contributed by atoms with van der Waals surface area (Å²) in [7, 11) is 1.32. The number of nitriles is 1. The molecule has 1 aromatic carbocycles. The molecule has 0 aliphatic carbocycles. The third-order valence-corrected chi connectivity index (χ3v) is 2.48. The number of aromatic nitrogens is 2. The van der Waals surface area contributed by atoms with Crippen molar-refractivity contribution in [1.82, 2.24) is 9.55 Å². The number of imidazole rings is 1. The molecule has 0 aliphatic rings. The molecule has 0 radical (unpaired) electrons. The molecule has 0 bridgehead atoms. The highest BCUT2D eigenvalue weighted by Crippen LogP contribution is 2.17. The van der Waals surface area contributed by atoms with E-state index in [1.54, 1.807) is 28.8 Å². The van der Waals surface area contributed by atoms with Gasteiger partial charge < -0.3 is 10.5 Å². The van der Waals surface area contributed by atoms with Crippen LogP contribution in [0.4, 0.5) is 5.82 Å². The van der Waals surface area contributed by atoms with E-state index in [0.717, 1.165) is 0 Å². The Morgan fingerprint density at radius 1 is 1.44 bits per heavy atom. The predicted molar refractivity (Wildman–Crippen MR) is 64.0 cm³/mol. The Bertz CT molecular complexity index is 623. The van der Waals surface area contributed by atoms with Gasteiger partial charge in [-0.3, -0.25) is 4.57 Å². The van der Waals surface area contributed by atoms with Gasteiger partial charge in [-0.25, -0.2) is 9.78 Å². The second-order valence-corrected chi connectivity index (χ2v) is 3.50. The second-order valence-electron chi connectivity index (χ2n) is 3.50. The van der Waals surface area contributed by atoms with Crippen molar-refractivity contribution in [2.24, 2.45) is 0 Å². The summed E-state index contributed by atoms with van der Waals surface area (Å²) in [5.41, 5.74) is 7.09. The van der Waals surface area contributed by atoms with Crippen LogP contribution in [0.1, 0.15) is 16.1 Å². The number of ether oxygens (including phenoxy) is 1. The predicted octanol–water partition coefficient (Wildman–Crippen LogP) is 1.11. The Morgan fingerprint density at radius 3 is 2.61 bits per heavy atom. The van der Waals surface area contributed by atoms with Crippen LogP contribution in [0.3, 0.4) is 0 Å². The van der Waals surface area contributed by atoms with Crippen LogP contribution >= 0.6 is 0 Å². The molecule has 2 rings (SSSR count). The van der Waals surface area contributed by atoms with E-state index in [1.165, 1.54) is 13.4 Å². The van der Waals surface area contributed by atoms with E-state index in [1.807, 2.05) is 6.07 Å². The summed E-state index contributed by atoms with van der Waals surface area (Å²) in [6, 6.07) is 8.53. The van der Waals surface area contributed by atoms with Gasteiger partial charge in [-0.1, -0.05) is 0 Å². The van der Waals surface area contributed by atoms with Crippen molar-refractivity contribution in [3.8, 4) is 11.8 Å². The molecule has 18 heavy (non-hydrogen) atoms. The summed E-state index contributed by atoms with van der Waals surface area (Å²) < 4.78 is 6.17. The number of nitrogens with zero attached hydrogens (tertiary/aromatic N) is 3. The van der Waals surface area contributed by atoms with Crippen LogP contribution in [0.2, 0.25) is 0 Å². The Morgan fingerprint density at radius 2 is 2.11 bits per heavy atom. The molecule has 1 aromatic heterocycles. The molecule has 0 unspecified atom stereocenters. The van der Waals surface area contributed by atoms with Crippen molar-refractivity contribution in [3.05, 3.63) is 41.9 Å². The molecule has 90 valence electrons. The molecule has 0 fully saturated rings. The van der Waals surface area contributed by atoms with Gasteiger partial charge in [0, 0.05) is 5.69 Å². The summed E-state index contributed by atoms with van der Waals surface area (Å²) in [5.74, 6) is -0.138. The first-order chi connectivity index (χ1) is 8.67. The maximum absolute atomic E-state index is 11.3. The average molecular weight is 242 g/mol. The van der Waals surface area contributed by atoms with Crippen molar-refractivity contribution in [2.45, 2.75) is 0 Å². The first-order valence-corrected chi connectivity index (χ1v) is 5.09. The van der Waals surface area contributed by atoms with Gasteiger partial charge in [-0.15, -0.1) is 0 Å². The highest BCUT2D eigenvalue weighted by molar-refractivity contribution is 5.89. The first-order valence-electron chi connectivity index (χ1n) is 5.09. The molecule has 0 amide bonds. The molecular weight excluding hydrogens is 232 g/mol. The van der Waals surface area contributed by atoms with E-state index in [9.17, 15) is 4.79 Å². The monoisotopic (exact) mass is 242 g/mol. The fourth-order valence-electron chi connectivity index (χ4n) is 1.53. The quantitative estimate of drug-likeness (QED) is 0.796. The zero-order chi connectivity index (χ0) is 13.1. The van der Waals surface area contributed by atoms with Gasteiger partial charge in [-0.2, -0.15) is 5.26 Å². The summed E-state index contributed by atoms with van der Waals surface area (Å²) in [6.07, 6.45) is 1.46. The summed E-state index contributed by atoms with van der Waals surface area (Å²) in [4.78, 5) is 15.1. The van der Waals surface area contributed by atoms with Crippen molar-refractivity contribution in [1.29, 1.82) is 5.26 Å². The molecule has 1 heterocycles. The lowest BCUT2D eigenvalue weighted by molar-refractivity contribution is 0.0601. The number of benzene rings is 1. The van der Waals surface area contributed by atoms with Gasteiger partial charge in [0.2, 0.25) is 0 Å². The smallest absolute Gasteiger partial charge is 0.337 e. The average Bonchev–Trinajstić information content (AvgIpc) is 2.79. The molecule has 6 nitrogen and oxygen atoms in total. The summed E-state index contributed by atoms with van der Waals surface area (Å²) >= 11 is 0. The van der Waals surface area contributed by atoms with Gasteiger partial charge >= 0.3 is 5.97 Å². The Hall–Kier alpha value is -2.81. The maximum atomic E-state index is 11.3. The third kappa shape index (κ3) is 1.89. The van der Waals surface area contributed by atoms with Crippen molar-refractivity contribution in [3.63, 3.8) is 0 Å². The first kappa shape index (κ1) is 11.7. The number of esters is 1. The van der Waals surface area contributed by atoms with Crippen LogP contribution in [-0.2, 0) is 4.74 Å². The SMILES string of the molecule is COC(=O)c1ccc(-n2cnc(C#N)c2N)cc1. The van der Waals surface area contributed by atoms with E-state index in [-0.39, 0.29) is 11.5 Å². The lowest BCUT2D eigenvalue weighted by Gasteiger charge is -2.05. The standard InChI is InChI=1S/C12H10N4O2/c1-18-12(17)8-2-4-9(5-3-8)16-7-15-10(6-13)11(16)14/h2-5,7H,14H2,1H3. The highest BCUT2D eigenvalue weighted by atomic mass is 16.5. The number of carbonyl (C=O) groups excluding carboxylic acids is 1. The third-order valence-electron chi connectivity index (χ3n) is 2.48. The largest absolute Gasteiger partial charge is 0.465 e. The van der Waals surface area contributed by atoms with E-state index >= 15 is 0 Å². The summed E-state index contributed by atoms with van der Waals surface area (Å²) in [5, 5.41) is 8.76. The fraction of sp³-hybridized carbons (Fsp3) is 0.0833. The second kappa shape index (κ2) is 4.59. The number of nitrogen functional groups attached to an aromatic ring is 1. The van der Waals surface area contributed by atoms with Crippen LogP contribution in [0.5, 0.6) is 0 Å². The van der Waals surface area contributed by atoms with Gasteiger partial charge in [0.25, 0.3) is 0 Å². The Balaban J connectivity index is 2.38. The van der Waals surface area contributed by atoms with Crippen molar-refractivity contribution in [2.75, 3.05) is 12.8 Å². The molecular formula is C12H10N4O2. The lowest BCUT2D eigenvalue weighted by Crippen LogP contribution is -2.03. The molecule has 0 saturated carbocycles. The number of hydrogen-bond acceptors (Lipinski definition) is 5. The van der Waals surface area contributed by atoms with Crippen LogP contribution in [0, 0.1) is 11.3 Å². The minimum atomic E-state index is -0.405. The van der Waals surface area contributed by atoms with Crippen LogP contribution < -0.4 is 5.73 Å². The van der Waals surface area contributed by atoms with Gasteiger partial charge in [0.1, 0.15) is 18.2 Å². The molecule has 2 N–H and O–H groups in total. The Labute approximate surface area is 103 Å². The number of nitrogens with two attached hydrogens (primary N) is 1. The molecule has 0 atom stereocenters. The van der Waals surface area contributed by atoms with Crippen molar-refractivity contribution < 1.29 is 9.53 Å².